The third-order valence-corrected chi connectivity index (χ3v) is 2.94. The summed E-state index contributed by atoms with van der Waals surface area (Å²) < 4.78 is 11.4. The molecule has 96 valence electrons. The highest BCUT2D eigenvalue weighted by molar-refractivity contribution is 5.46. The molecule has 0 heterocycles. The Morgan fingerprint density at radius 3 is 2.35 bits per heavy atom. The Hall–Kier alpha value is -1.22. The van der Waals surface area contributed by atoms with Crippen LogP contribution in [0.15, 0.2) is 18.2 Å². The van der Waals surface area contributed by atoms with Gasteiger partial charge in [-0.15, -0.1) is 0 Å². The number of rotatable bonds is 5. The van der Waals surface area contributed by atoms with Crippen LogP contribution in [-0.4, -0.2) is 12.7 Å². The SMILES string of the molecule is CCC(C)(C)Oc1cccc(OC)c1[C@H](C)N. The standard InChI is InChI=1S/C14H23NO2/c1-6-14(3,4)17-12-9-7-8-11(16-5)13(12)10(2)15/h7-10H,6,15H2,1-5H3/t10-/m0/s1. The van der Waals surface area contributed by atoms with Gasteiger partial charge in [-0.3, -0.25) is 0 Å². The van der Waals surface area contributed by atoms with Gasteiger partial charge < -0.3 is 15.2 Å². The fourth-order valence-corrected chi connectivity index (χ4v) is 1.61. The fourth-order valence-electron chi connectivity index (χ4n) is 1.61. The summed E-state index contributed by atoms with van der Waals surface area (Å²) >= 11 is 0. The van der Waals surface area contributed by atoms with Crippen molar-refractivity contribution in [3.63, 3.8) is 0 Å². The molecule has 2 N–H and O–H groups in total. The quantitative estimate of drug-likeness (QED) is 0.854. The Bertz CT molecular complexity index is 372. The molecule has 0 fully saturated rings. The van der Waals surface area contributed by atoms with Crippen molar-refractivity contribution in [1.82, 2.24) is 0 Å². The molecule has 0 spiro atoms. The van der Waals surface area contributed by atoms with E-state index in [4.69, 9.17) is 15.2 Å². The van der Waals surface area contributed by atoms with Crippen LogP contribution >= 0.6 is 0 Å². The summed E-state index contributed by atoms with van der Waals surface area (Å²) in [7, 11) is 1.65. The number of hydrogen-bond acceptors (Lipinski definition) is 3. The van der Waals surface area contributed by atoms with Gasteiger partial charge in [-0.05, 0) is 39.3 Å². The summed E-state index contributed by atoms with van der Waals surface area (Å²) in [5.41, 5.74) is 6.72. The van der Waals surface area contributed by atoms with Gasteiger partial charge in [0.15, 0.2) is 0 Å². The van der Waals surface area contributed by atoms with Gasteiger partial charge in [-0.25, -0.2) is 0 Å². The van der Waals surface area contributed by atoms with E-state index in [-0.39, 0.29) is 11.6 Å². The number of ether oxygens (including phenoxy) is 2. The van der Waals surface area contributed by atoms with Crippen LogP contribution in [0.5, 0.6) is 11.5 Å². The van der Waals surface area contributed by atoms with Crippen LogP contribution in [0.1, 0.15) is 45.7 Å². The largest absolute Gasteiger partial charge is 0.496 e. The average Bonchev–Trinajstić information content (AvgIpc) is 2.27. The maximum absolute atomic E-state index is 6.03. The van der Waals surface area contributed by atoms with Gasteiger partial charge in [0, 0.05) is 6.04 Å². The molecule has 3 nitrogen and oxygen atoms in total. The van der Waals surface area contributed by atoms with Gasteiger partial charge in [-0.1, -0.05) is 13.0 Å². The monoisotopic (exact) mass is 237 g/mol. The zero-order valence-corrected chi connectivity index (χ0v) is 11.4. The Morgan fingerprint density at radius 2 is 1.88 bits per heavy atom. The Morgan fingerprint density at radius 1 is 1.29 bits per heavy atom. The van der Waals surface area contributed by atoms with Crippen molar-refractivity contribution in [2.75, 3.05) is 7.11 Å². The highest BCUT2D eigenvalue weighted by Gasteiger charge is 2.21. The van der Waals surface area contributed by atoms with E-state index in [0.717, 1.165) is 23.5 Å². The van der Waals surface area contributed by atoms with E-state index < -0.39 is 0 Å². The first kappa shape index (κ1) is 13.8. The first-order valence-corrected chi connectivity index (χ1v) is 6.02. The van der Waals surface area contributed by atoms with E-state index in [0.29, 0.717) is 0 Å². The first-order chi connectivity index (χ1) is 7.91. The zero-order chi connectivity index (χ0) is 13.1. The van der Waals surface area contributed by atoms with Gasteiger partial charge in [0.25, 0.3) is 0 Å². The maximum atomic E-state index is 6.03. The molecule has 0 aromatic heterocycles. The zero-order valence-electron chi connectivity index (χ0n) is 11.4. The minimum Gasteiger partial charge on any atom is -0.496 e. The van der Waals surface area contributed by atoms with Gasteiger partial charge in [0.2, 0.25) is 0 Å². The highest BCUT2D eigenvalue weighted by Crippen LogP contribution is 2.35. The van der Waals surface area contributed by atoms with Crippen LogP contribution in [0, 0.1) is 0 Å². The van der Waals surface area contributed by atoms with E-state index >= 15 is 0 Å². The third-order valence-electron chi connectivity index (χ3n) is 2.94. The Labute approximate surface area is 104 Å². The molecule has 0 aliphatic rings. The molecular formula is C14H23NO2. The second-order valence-electron chi connectivity index (χ2n) is 4.88. The van der Waals surface area contributed by atoms with Gasteiger partial charge >= 0.3 is 0 Å². The summed E-state index contributed by atoms with van der Waals surface area (Å²) in [6.07, 6.45) is 0.933. The lowest BCUT2D eigenvalue weighted by molar-refractivity contribution is 0.103. The molecule has 1 aromatic rings. The molecule has 1 aromatic carbocycles. The lowest BCUT2D eigenvalue weighted by atomic mass is 10.0. The number of hydrogen-bond donors (Lipinski definition) is 1. The van der Waals surface area contributed by atoms with Gasteiger partial charge in [-0.2, -0.15) is 0 Å². The normalized spacial score (nSPS) is 13.3. The molecule has 1 atom stereocenters. The van der Waals surface area contributed by atoms with Crippen molar-refractivity contribution in [3.8, 4) is 11.5 Å². The average molecular weight is 237 g/mol. The van der Waals surface area contributed by atoms with Crippen molar-refractivity contribution in [2.45, 2.75) is 45.8 Å². The minimum absolute atomic E-state index is 0.117. The third kappa shape index (κ3) is 3.37. The minimum atomic E-state index is -0.198. The Balaban J connectivity index is 3.15. The molecule has 0 saturated heterocycles. The molecule has 0 aliphatic carbocycles. The fraction of sp³-hybridized carbons (Fsp3) is 0.571. The molecule has 0 unspecified atom stereocenters. The summed E-state index contributed by atoms with van der Waals surface area (Å²) in [4.78, 5) is 0. The van der Waals surface area contributed by atoms with Crippen LogP contribution in [0.4, 0.5) is 0 Å². The summed E-state index contributed by atoms with van der Waals surface area (Å²) in [6.45, 7) is 8.17. The molecule has 0 saturated carbocycles. The molecule has 0 aliphatic heterocycles. The van der Waals surface area contributed by atoms with Crippen LogP contribution in [-0.2, 0) is 0 Å². The van der Waals surface area contributed by atoms with E-state index in [1.165, 1.54) is 0 Å². The van der Waals surface area contributed by atoms with Gasteiger partial charge in [0.05, 0.1) is 12.7 Å². The molecule has 0 radical (unpaired) electrons. The molecule has 3 heteroatoms. The second-order valence-corrected chi connectivity index (χ2v) is 4.88. The highest BCUT2D eigenvalue weighted by atomic mass is 16.5. The number of benzene rings is 1. The lowest BCUT2D eigenvalue weighted by Gasteiger charge is -2.27. The summed E-state index contributed by atoms with van der Waals surface area (Å²) in [6, 6.07) is 5.66. The van der Waals surface area contributed by atoms with Gasteiger partial charge in [0.1, 0.15) is 17.1 Å². The number of methoxy groups -OCH3 is 1. The molecule has 0 amide bonds. The van der Waals surface area contributed by atoms with Crippen molar-refractivity contribution >= 4 is 0 Å². The predicted octanol–water partition coefficient (Wildman–Crippen LogP) is 3.28. The van der Waals surface area contributed by atoms with Crippen LogP contribution in [0.2, 0.25) is 0 Å². The van der Waals surface area contributed by atoms with E-state index in [9.17, 15) is 0 Å². The maximum Gasteiger partial charge on any atom is 0.128 e. The van der Waals surface area contributed by atoms with Crippen molar-refractivity contribution in [2.24, 2.45) is 5.73 Å². The number of nitrogens with two attached hydrogens (primary N) is 1. The summed E-state index contributed by atoms with van der Waals surface area (Å²) in [5.74, 6) is 1.59. The molecule has 1 rings (SSSR count). The van der Waals surface area contributed by atoms with Crippen LogP contribution in [0.3, 0.4) is 0 Å². The van der Waals surface area contributed by atoms with Crippen molar-refractivity contribution in [1.29, 1.82) is 0 Å². The second kappa shape index (κ2) is 5.41. The summed E-state index contributed by atoms with van der Waals surface area (Å²) in [5, 5.41) is 0. The smallest absolute Gasteiger partial charge is 0.128 e. The van der Waals surface area contributed by atoms with Crippen molar-refractivity contribution in [3.05, 3.63) is 23.8 Å². The topological polar surface area (TPSA) is 44.5 Å². The predicted molar refractivity (Wildman–Crippen MR) is 70.6 cm³/mol. The van der Waals surface area contributed by atoms with E-state index in [1.54, 1.807) is 7.11 Å². The van der Waals surface area contributed by atoms with E-state index in [1.807, 2.05) is 25.1 Å². The van der Waals surface area contributed by atoms with Crippen LogP contribution in [0.25, 0.3) is 0 Å². The molecular weight excluding hydrogens is 214 g/mol. The van der Waals surface area contributed by atoms with Crippen molar-refractivity contribution < 1.29 is 9.47 Å². The first-order valence-electron chi connectivity index (χ1n) is 6.02. The Kier molecular flexibility index (Phi) is 4.40. The van der Waals surface area contributed by atoms with E-state index in [2.05, 4.69) is 20.8 Å². The molecule has 17 heavy (non-hydrogen) atoms. The van der Waals surface area contributed by atoms with Crippen LogP contribution < -0.4 is 15.2 Å². The lowest BCUT2D eigenvalue weighted by Crippen LogP contribution is -2.28. The molecule has 0 bridgehead atoms.